The molecular formula is C30H6F12N4. The van der Waals surface area contributed by atoms with Crippen LogP contribution in [0.3, 0.4) is 0 Å². The number of hydrogen-bond acceptors (Lipinski definition) is 4. The molecule has 3 aromatic rings. The molecule has 0 unspecified atom stereocenters. The minimum Gasteiger partial charge on any atom is -0.203 e. The van der Waals surface area contributed by atoms with Gasteiger partial charge in [0.25, 0.3) is 0 Å². The fraction of sp³-hybridized carbons (Fsp3) is 0.0667. The maximum Gasteiger partial charge on any atom is 0.180 e. The SMILES string of the molecule is Cc1c(F)c(F)c(C(C#N)=C2C(=C(C#N)c3c(F)c(F)c(C)c(F)c3F)C2=C(C#N)c2c(F)c(F)c(C#N)c(F)c2F)c(F)c1F. The number of nitrogens with zero attached hydrogens (tertiary/aromatic N) is 4. The van der Waals surface area contributed by atoms with Crippen molar-refractivity contribution in [2.45, 2.75) is 13.8 Å². The number of benzene rings is 3. The van der Waals surface area contributed by atoms with Gasteiger partial charge < -0.3 is 0 Å². The molecule has 3 aromatic carbocycles. The highest BCUT2D eigenvalue weighted by Gasteiger charge is 2.46. The molecule has 1 fully saturated rings. The summed E-state index contributed by atoms with van der Waals surface area (Å²) in [5.41, 5.74) is -18.9. The predicted molar refractivity (Wildman–Crippen MR) is 131 cm³/mol. The van der Waals surface area contributed by atoms with Gasteiger partial charge in [-0.2, -0.15) is 21.0 Å². The third-order valence-electron chi connectivity index (χ3n) is 6.86. The lowest BCUT2D eigenvalue weighted by Crippen LogP contribution is -2.06. The summed E-state index contributed by atoms with van der Waals surface area (Å²) in [7, 11) is 0. The van der Waals surface area contributed by atoms with Crippen molar-refractivity contribution in [2.24, 2.45) is 0 Å². The molecule has 1 aliphatic carbocycles. The average molecular weight is 650 g/mol. The maximum absolute atomic E-state index is 15.0. The summed E-state index contributed by atoms with van der Waals surface area (Å²) in [6.07, 6.45) is 0. The normalized spacial score (nSPS) is 14.3. The fourth-order valence-corrected chi connectivity index (χ4v) is 4.52. The molecule has 0 radical (unpaired) electrons. The standard InChI is InChI=1S/C30H6F12N4/c1-7-19(31)25(37)16(26(38)20(7)32)9(3-43)13-14(10(4-44)17-27(39)21(33)8(2)22(34)28(17)40)15(13)11(5-45)18-29(41)23(35)12(6-46)24(36)30(18)42/h1-2H3. The van der Waals surface area contributed by atoms with Gasteiger partial charge in [-0.3, -0.25) is 0 Å². The van der Waals surface area contributed by atoms with Gasteiger partial charge in [0.1, 0.15) is 29.8 Å². The molecule has 0 amide bonds. The Morgan fingerprint density at radius 1 is 0.370 bits per heavy atom. The van der Waals surface area contributed by atoms with Crippen molar-refractivity contribution < 1.29 is 52.7 Å². The minimum atomic E-state index is -2.46. The van der Waals surface area contributed by atoms with E-state index in [1.807, 2.05) is 0 Å². The van der Waals surface area contributed by atoms with Crippen LogP contribution in [-0.2, 0) is 0 Å². The van der Waals surface area contributed by atoms with E-state index in [0.717, 1.165) is 24.3 Å². The molecule has 46 heavy (non-hydrogen) atoms. The van der Waals surface area contributed by atoms with Crippen LogP contribution in [0.15, 0.2) is 16.7 Å². The molecule has 0 atom stereocenters. The fourth-order valence-electron chi connectivity index (χ4n) is 4.52. The lowest BCUT2D eigenvalue weighted by molar-refractivity contribution is 0.442. The Balaban J connectivity index is 2.36. The van der Waals surface area contributed by atoms with Crippen LogP contribution in [0.25, 0.3) is 16.7 Å². The van der Waals surface area contributed by atoms with E-state index in [9.17, 15) is 59.7 Å². The highest BCUT2D eigenvalue weighted by molar-refractivity contribution is 6.12. The van der Waals surface area contributed by atoms with Gasteiger partial charge >= 0.3 is 0 Å². The van der Waals surface area contributed by atoms with Crippen molar-refractivity contribution in [2.75, 3.05) is 0 Å². The summed E-state index contributed by atoms with van der Waals surface area (Å²) < 4.78 is 177. The lowest BCUT2D eigenvalue weighted by Gasteiger charge is -2.09. The Bertz CT molecular complexity index is 2040. The van der Waals surface area contributed by atoms with Gasteiger partial charge in [0, 0.05) is 27.8 Å². The molecule has 0 heterocycles. The summed E-state index contributed by atoms with van der Waals surface area (Å²) in [4.78, 5) is 0. The van der Waals surface area contributed by atoms with E-state index in [2.05, 4.69) is 0 Å². The van der Waals surface area contributed by atoms with Gasteiger partial charge in [-0.1, -0.05) is 0 Å². The predicted octanol–water partition coefficient (Wildman–Crippen LogP) is 8.09. The Labute approximate surface area is 248 Å². The van der Waals surface area contributed by atoms with Gasteiger partial charge in [-0.05, 0) is 13.8 Å². The van der Waals surface area contributed by atoms with Crippen LogP contribution in [-0.4, -0.2) is 0 Å². The van der Waals surface area contributed by atoms with E-state index in [1.165, 1.54) is 0 Å². The topological polar surface area (TPSA) is 95.2 Å². The second-order valence-electron chi connectivity index (χ2n) is 9.22. The number of halogens is 12. The Morgan fingerprint density at radius 2 is 0.587 bits per heavy atom. The molecule has 1 aliphatic rings. The van der Waals surface area contributed by atoms with Gasteiger partial charge in [-0.25, -0.2) is 52.7 Å². The minimum absolute atomic E-state index is 0.570. The van der Waals surface area contributed by atoms with Gasteiger partial charge in [0.2, 0.25) is 0 Å². The van der Waals surface area contributed by atoms with Crippen LogP contribution < -0.4 is 0 Å². The van der Waals surface area contributed by atoms with Crippen molar-refractivity contribution in [3.8, 4) is 24.3 Å². The molecular weight excluding hydrogens is 644 g/mol. The van der Waals surface area contributed by atoms with Gasteiger partial charge in [0.15, 0.2) is 69.8 Å². The molecule has 0 bridgehead atoms. The van der Waals surface area contributed by atoms with Crippen molar-refractivity contribution in [3.05, 3.63) is 120 Å². The second kappa shape index (κ2) is 11.5. The summed E-state index contributed by atoms with van der Waals surface area (Å²) in [5, 5.41) is 38.3. The van der Waals surface area contributed by atoms with E-state index in [1.54, 1.807) is 0 Å². The molecule has 0 spiro atoms. The average Bonchev–Trinajstić information content (AvgIpc) is 3.76. The van der Waals surface area contributed by atoms with E-state index >= 15 is 8.78 Å². The third-order valence-corrected chi connectivity index (χ3v) is 6.86. The van der Waals surface area contributed by atoms with Crippen LogP contribution in [0.2, 0.25) is 0 Å². The van der Waals surface area contributed by atoms with Crippen LogP contribution in [0.1, 0.15) is 33.4 Å². The Hall–Kier alpha value is -6.00. The first-order valence-corrected chi connectivity index (χ1v) is 11.9. The summed E-state index contributed by atoms with van der Waals surface area (Å²) >= 11 is 0. The number of rotatable bonds is 3. The second-order valence-corrected chi connectivity index (χ2v) is 9.22. The molecule has 1 saturated carbocycles. The smallest absolute Gasteiger partial charge is 0.180 e. The first kappa shape index (κ1) is 32.9. The summed E-state index contributed by atoms with van der Waals surface area (Å²) in [5.74, 6) is -27.2. The maximum atomic E-state index is 15.0. The zero-order valence-corrected chi connectivity index (χ0v) is 22.3. The molecule has 0 N–H and O–H groups in total. The summed E-state index contributed by atoms with van der Waals surface area (Å²) in [6.45, 7) is 1.14. The molecule has 4 nitrogen and oxygen atoms in total. The number of hydrogen-bond donors (Lipinski definition) is 0. The van der Waals surface area contributed by atoms with Crippen LogP contribution in [0.4, 0.5) is 52.7 Å². The Kier molecular flexibility index (Phi) is 8.22. The largest absolute Gasteiger partial charge is 0.203 e. The lowest BCUT2D eigenvalue weighted by atomic mass is 9.99. The van der Waals surface area contributed by atoms with Crippen LogP contribution in [0, 0.1) is 129 Å². The van der Waals surface area contributed by atoms with E-state index in [0.29, 0.717) is 13.8 Å². The first-order valence-electron chi connectivity index (χ1n) is 11.9. The molecule has 16 heteroatoms. The zero-order valence-electron chi connectivity index (χ0n) is 22.3. The van der Waals surface area contributed by atoms with E-state index < -0.39 is 137 Å². The number of allylic oxidation sites excluding steroid dienone is 6. The van der Waals surface area contributed by atoms with Crippen molar-refractivity contribution in [1.82, 2.24) is 0 Å². The molecule has 4 rings (SSSR count). The number of nitriles is 4. The molecule has 0 saturated heterocycles. The van der Waals surface area contributed by atoms with E-state index in [4.69, 9.17) is 5.26 Å². The van der Waals surface area contributed by atoms with Crippen molar-refractivity contribution in [1.29, 1.82) is 21.0 Å². The zero-order chi connectivity index (χ0) is 34.7. The third kappa shape index (κ3) is 4.46. The van der Waals surface area contributed by atoms with E-state index in [-0.39, 0.29) is 0 Å². The Morgan fingerprint density at radius 3 is 0.783 bits per heavy atom. The summed E-state index contributed by atoms with van der Waals surface area (Å²) in [6, 6.07) is 3.93. The quantitative estimate of drug-likeness (QED) is 0.163. The molecule has 230 valence electrons. The molecule has 0 aliphatic heterocycles. The van der Waals surface area contributed by atoms with Crippen molar-refractivity contribution in [3.63, 3.8) is 0 Å². The first-order chi connectivity index (χ1) is 21.5. The van der Waals surface area contributed by atoms with Gasteiger partial charge in [-0.15, -0.1) is 0 Å². The molecule has 0 aromatic heterocycles. The highest BCUT2D eigenvalue weighted by atomic mass is 19.2. The van der Waals surface area contributed by atoms with Crippen molar-refractivity contribution >= 4 is 16.7 Å². The highest BCUT2D eigenvalue weighted by Crippen LogP contribution is 2.57. The van der Waals surface area contributed by atoms with Gasteiger partial charge in [0.05, 0.1) is 33.4 Å². The monoisotopic (exact) mass is 650 g/mol. The van der Waals surface area contributed by atoms with Crippen LogP contribution in [0.5, 0.6) is 0 Å². The van der Waals surface area contributed by atoms with Crippen LogP contribution >= 0.6 is 0 Å².